The van der Waals surface area contributed by atoms with E-state index in [0.29, 0.717) is 5.16 Å². The molecular formula is C23H16N4S2. The minimum absolute atomic E-state index is 0.655. The van der Waals surface area contributed by atoms with Crippen molar-refractivity contribution in [3.05, 3.63) is 89.9 Å². The van der Waals surface area contributed by atoms with E-state index in [2.05, 4.69) is 28.4 Å². The van der Waals surface area contributed by atoms with E-state index in [9.17, 15) is 0 Å². The summed E-state index contributed by atoms with van der Waals surface area (Å²) >= 11 is 3.27. The number of rotatable bonds is 5. The second-order valence-corrected chi connectivity index (χ2v) is 8.45. The zero-order chi connectivity index (χ0) is 19.5. The van der Waals surface area contributed by atoms with Crippen molar-refractivity contribution in [1.82, 2.24) is 20.2 Å². The maximum Gasteiger partial charge on any atom is 0.210 e. The minimum atomic E-state index is 0.655. The Morgan fingerprint density at radius 3 is 2.03 bits per heavy atom. The molecule has 0 unspecified atom stereocenters. The second kappa shape index (κ2) is 8.11. The van der Waals surface area contributed by atoms with E-state index in [4.69, 9.17) is 9.97 Å². The summed E-state index contributed by atoms with van der Waals surface area (Å²) in [4.78, 5) is 9.55. The number of thiazole rings is 1. The van der Waals surface area contributed by atoms with Gasteiger partial charge in [-0.15, -0.1) is 21.5 Å². The number of para-hydroxylation sites is 1. The van der Waals surface area contributed by atoms with E-state index in [1.165, 1.54) is 4.70 Å². The molecule has 0 aliphatic heterocycles. The molecular weight excluding hydrogens is 396 g/mol. The van der Waals surface area contributed by atoms with E-state index in [-0.39, 0.29) is 0 Å². The number of fused-ring (bicyclic) bond motifs is 1. The molecule has 0 aliphatic carbocycles. The highest BCUT2D eigenvalue weighted by Crippen LogP contribution is 2.31. The molecule has 0 radical (unpaired) electrons. The zero-order valence-electron chi connectivity index (χ0n) is 15.4. The number of hydrogen-bond donors (Lipinski definition) is 0. The fourth-order valence-electron chi connectivity index (χ4n) is 3.07. The van der Waals surface area contributed by atoms with Crippen molar-refractivity contribution < 1.29 is 0 Å². The van der Waals surface area contributed by atoms with Crippen LogP contribution in [0, 0.1) is 0 Å². The molecule has 0 saturated carbocycles. The third-order valence-corrected chi connectivity index (χ3v) is 6.49. The van der Waals surface area contributed by atoms with Crippen LogP contribution in [0.3, 0.4) is 0 Å². The van der Waals surface area contributed by atoms with Gasteiger partial charge in [0.05, 0.1) is 16.0 Å². The van der Waals surface area contributed by atoms with Gasteiger partial charge in [0, 0.05) is 11.1 Å². The molecule has 5 aromatic rings. The lowest BCUT2D eigenvalue weighted by Gasteiger charge is -2.09. The van der Waals surface area contributed by atoms with Gasteiger partial charge in [0.1, 0.15) is 16.4 Å². The average molecular weight is 413 g/mol. The highest BCUT2D eigenvalue weighted by atomic mass is 32.2. The van der Waals surface area contributed by atoms with E-state index < -0.39 is 0 Å². The van der Waals surface area contributed by atoms with Gasteiger partial charge in [0.2, 0.25) is 5.16 Å². The third kappa shape index (κ3) is 3.90. The van der Waals surface area contributed by atoms with Crippen molar-refractivity contribution in [3.8, 4) is 22.5 Å². The molecule has 5 rings (SSSR count). The summed E-state index contributed by atoms with van der Waals surface area (Å²) < 4.78 is 1.20. The molecule has 140 valence electrons. The van der Waals surface area contributed by atoms with Gasteiger partial charge in [-0.05, 0) is 12.1 Å². The molecule has 6 heteroatoms. The Morgan fingerprint density at radius 1 is 0.655 bits per heavy atom. The summed E-state index contributed by atoms with van der Waals surface area (Å²) in [6.45, 7) is 0. The molecule has 0 saturated heterocycles. The monoisotopic (exact) mass is 412 g/mol. The average Bonchev–Trinajstić information content (AvgIpc) is 3.22. The molecule has 2 heterocycles. The Morgan fingerprint density at radius 2 is 1.31 bits per heavy atom. The van der Waals surface area contributed by atoms with Gasteiger partial charge in [0.15, 0.2) is 0 Å². The second-order valence-electron chi connectivity index (χ2n) is 6.39. The lowest BCUT2D eigenvalue weighted by atomic mass is 10.0. The van der Waals surface area contributed by atoms with Crippen molar-refractivity contribution in [2.75, 3.05) is 0 Å². The van der Waals surface area contributed by atoms with Crippen LogP contribution in [0.2, 0.25) is 0 Å². The van der Waals surface area contributed by atoms with Gasteiger partial charge >= 0.3 is 0 Å². The fourth-order valence-corrected chi connectivity index (χ4v) is 4.81. The molecule has 0 amide bonds. The van der Waals surface area contributed by atoms with Gasteiger partial charge in [-0.1, -0.05) is 84.6 Å². The van der Waals surface area contributed by atoms with Crippen LogP contribution in [-0.4, -0.2) is 20.2 Å². The largest absolute Gasteiger partial charge is 0.240 e. The first kappa shape index (κ1) is 18.0. The summed E-state index contributed by atoms with van der Waals surface area (Å²) in [5.41, 5.74) is 4.72. The SMILES string of the molecule is c1ccc(-c2nnc(SCc3nc4ccccc4s3)nc2-c2ccccc2)cc1. The van der Waals surface area contributed by atoms with Crippen LogP contribution in [0.4, 0.5) is 0 Å². The van der Waals surface area contributed by atoms with Crippen LogP contribution < -0.4 is 0 Å². The van der Waals surface area contributed by atoms with Crippen LogP contribution in [0.5, 0.6) is 0 Å². The molecule has 0 N–H and O–H groups in total. The van der Waals surface area contributed by atoms with Crippen molar-refractivity contribution in [3.63, 3.8) is 0 Å². The van der Waals surface area contributed by atoms with Gasteiger partial charge in [0.25, 0.3) is 0 Å². The summed E-state index contributed by atoms with van der Waals surface area (Å²) in [6.07, 6.45) is 0. The van der Waals surface area contributed by atoms with E-state index in [1.807, 2.05) is 66.7 Å². The van der Waals surface area contributed by atoms with Crippen LogP contribution in [0.25, 0.3) is 32.7 Å². The highest BCUT2D eigenvalue weighted by molar-refractivity contribution is 7.98. The fraction of sp³-hybridized carbons (Fsp3) is 0.0435. The minimum Gasteiger partial charge on any atom is -0.240 e. The smallest absolute Gasteiger partial charge is 0.210 e. The van der Waals surface area contributed by atoms with E-state index >= 15 is 0 Å². The lowest BCUT2D eigenvalue weighted by Crippen LogP contribution is -1.99. The predicted molar refractivity (Wildman–Crippen MR) is 120 cm³/mol. The lowest BCUT2D eigenvalue weighted by molar-refractivity contribution is 0.850. The Labute approximate surface area is 176 Å². The van der Waals surface area contributed by atoms with Crippen LogP contribution in [-0.2, 0) is 5.75 Å². The summed E-state index contributed by atoms with van der Waals surface area (Å²) in [5.74, 6) is 0.722. The van der Waals surface area contributed by atoms with Gasteiger partial charge in [-0.3, -0.25) is 0 Å². The van der Waals surface area contributed by atoms with Crippen molar-refractivity contribution in [2.24, 2.45) is 0 Å². The topological polar surface area (TPSA) is 51.6 Å². The van der Waals surface area contributed by atoms with E-state index in [0.717, 1.165) is 38.8 Å². The molecule has 0 bridgehead atoms. The molecule has 2 aromatic heterocycles. The maximum absolute atomic E-state index is 4.85. The number of hydrogen-bond acceptors (Lipinski definition) is 6. The Hall–Kier alpha value is -3.09. The van der Waals surface area contributed by atoms with E-state index in [1.54, 1.807) is 23.1 Å². The predicted octanol–water partition coefficient (Wildman–Crippen LogP) is 6.11. The van der Waals surface area contributed by atoms with Crippen molar-refractivity contribution in [2.45, 2.75) is 10.9 Å². The van der Waals surface area contributed by atoms with Crippen molar-refractivity contribution >= 4 is 33.3 Å². The molecule has 0 spiro atoms. The first-order chi connectivity index (χ1) is 14.4. The number of benzene rings is 3. The first-order valence-electron chi connectivity index (χ1n) is 9.19. The number of nitrogens with zero attached hydrogens (tertiary/aromatic N) is 4. The number of aromatic nitrogens is 4. The van der Waals surface area contributed by atoms with Gasteiger partial charge < -0.3 is 0 Å². The van der Waals surface area contributed by atoms with Gasteiger partial charge in [-0.2, -0.15) is 0 Å². The van der Waals surface area contributed by atoms with Gasteiger partial charge in [-0.25, -0.2) is 9.97 Å². The van der Waals surface area contributed by atoms with Crippen LogP contribution >= 0.6 is 23.1 Å². The molecule has 4 nitrogen and oxygen atoms in total. The van der Waals surface area contributed by atoms with Crippen LogP contribution in [0.1, 0.15) is 5.01 Å². The first-order valence-corrected chi connectivity index (χ1v) is 11.0. The highest BCUT2D eigenvalue weighted by Gasteiger charge is 2.14. The Bertz CT molecular complexity index is 1220. The Balaban J connectivity index is 1.47. The normalized spacial score (nSPS) is 11.0. The maximum atomic E-state index is 4.85. The molecule has 29 heavy (non-hydrogen) atoms. The van der Waals surface area contributed by atoms with Crippen LogP contribution in [0.15, 0.2) is 90.1 Å². The quantitative estimate of drug-likeness (QED) is 0.326. The third-order valence-electron chi connectivity index (χ3n) is 4.42. The summed E-state index contributed by atoms with van der Waals surface area (Å²) in [7, 11) is 0. The summed E-state index contributed by atoms with van der Waals surface area (Å²) in [5, 5.41) is 10.6. The molecule has 0 aliphatic rings. The summed E-state index contributed by atoms with van der Waals surface area (Å²) in [6, 6.07) is 28.4. The Kier molecular flexibility index (Phi) is 5.02. The molecule has 0 fully saturated rings. The molecule has 0 atom stereocenters. The standard InChI is InChI=1S/C23H16N4S2/c1-3-9-16(10-4-1)21-22(17-11-5-2-6-12-17)26-27-23(25-21)28-15-20-24-18-13-7-8-14-19(18)29-20/h1-14H,15H2. The number of thioether (sulfide) groups is 1. The van der Waals surface area contributed by atoms with Crippen molar-refractivity contribution in [1.29, 1.82) is 0 Å². The zero-order valence-corrected chi connectivity index (χ0v) is 17.0. The molecule has 3 aromatic carbocycles.